The molecule has 1 aliphatic heterocycles. The van der Waals surface area contributed by atoms with Crippen LogP contribution in [0.5, 0.6) is 0 Å². The molecular formula is C28H38FN5. The zero-order chi connectivity index (χ0) is 24.3. The number of nitrogens with one attached hydrogen (secondary N) is 2. The molecule has 0 fully saturated rings. The minimum atomic E-state index is -1.14. The van der Waals surface area contributed by atoms with E-state index in [0.29, 0.717) is 12.6 Å². The second kappa shape index (κ2) is 10.3. The predicted molar refractivity (Wildman–Crippen MR) is 140 cm³/mol. The Bertz CT molecular complexity index is 1220. The maximum absolute atomic E-state index is 13.9. The molecule has 1 atom stereocenters. The number of aromatic nitrogens is 3. The number of aromatic amines is 2. The van der Waals surface area contributed by atoms with E-state index in [1.165, 1.54) is 39.5 Å². The maximum Gasteiger partial charge on any atom is 0.118 e. The van der Waals surface area contributed by atoms with Gasteiger partial charge in [-0.05, 0) is 70.5 Å². The SMILES string of the molecule is CC1Cc2c([nH]c3ccccc23)CN1CC(C)(C)F.CCCN(C)Cc1ccc2cn[nH]c2c1. The fourth-order valence-electron chi connectivity index (χ4n) is 4.96. The highest BCUT2D eigenvalue weighted by Gasteiger charge is 2.30. The van der Waals surface area contributed by atoms with Crippen LogP contribution in [0.15, 0.2) is 48.7 Å². The lowest BCUT2D eigenvalue weighted by Gasteiger charge is -2.36. The van der Waals surface area contributed by atoms with Crippen molar-refractivity contribution in [3.8, 4) is 0 Å². The molecule has 182 valence electrons. The second-order valence-corrected chi connectivity index (χ2v) is 10.3. The summed E-state index contributed by atoms with van der Waals surface area (Å²) in [7, 11) is 2.15. The number of H-pyrrole nitrogens is 2. The predicted octanol–water partition coefficient (Wildman–Crippen LogP) is 6.07. The van der Waals surface area contributed by atoms with Gasteiger partial charge in [0.1, 0.15) is 5.67 Å². The Balaban J connectivity index is 0.000000166. The fraction of sp³-hybridized carbons (Fsp3) is 0.464. The maximum atomic E-state index is 13.9. The van der Waals surface area contributed by atoms with Crippen molar-refractivity contribution in [1.82, 2.24) is 25.0 Å². The Morgan fingerprint density at radius 3 is 2.74 bits per heavy atom. The van der Waals surface area contributed by atoms with E-state index in [1.807, 2.05) is 6.20 Å². The van der Waals surface area contributed by atoms with Crippen molar-refractivity contribution in [2.24, 2.45) is 0 Å². The van der Waals surface area contributed by atoms with E-state index in [4.69, 9.17) is 0 Å². The largest absolute Gasteiger partial charge is 0.357 e. The van der Waals surface area contributed by atoms with Gasteiger partial charge in [0.25, 0.3) is 0 Å². The summed E-state index contributed by atoms with van der Waals surface area (Å²) in [6.07, 6.45) is 4.05. The zero-order valence-corrected chi connectivity index (χ0v) is 21.2. The molecule has 4 aromatic rings. The summed E-state index contributed by atoms with van der Waals surface area (Å²) < 4.78 is 13.9. The first-order valence-corrected chi connectivity index (χ1v) is 12.4. The molecule has 0 saturated heterocycles. The van der Waals surface area contributed by atoms with Crippen molar-refractivity contribution < 1.29 is 4.39 Å². The summed E-state index contributed by atoms with van der Waals surface area (Å²) in [4.78, 5) is 8.05. The number of para-hydroxylation sites is 1. The minimum absolute atomic E-state index is 0.390. The van der Waals surface area contributed by atoms with Gasteiger partial charge < -0.3 is 9.88 Å². The molecule has 6 heteroatoms. The van der Waals surface area contributed by atoms with Gasteiger partial charge in [-0.25, -0.2) is 4.39 Å². The molecule has 0 radical (unpaired) electrons. The van der Waals surface area contributed by atoms with Gasteiger partial charge in [-0.3, -0.25) is 10.00 Å². The van der Waals surface area contributed by atoms with Crippen molar-refractivity contribution in [2.75, 3.05) is 20.1 Å². The molecule has 0 amide bonds. The van der Waals surface area contributed by atoms with Crippen LogP contribution < -0.4 is 0 Å². The van der Waals surface area contributed by atoms with Gasteiger partial charge in [-0.2, -0.15) is 5.10 Å². The molecule has 3 heterocycles. The lowest BCUT2D eigenvalue weighted by atomic mass is 9.96. The van der Waals surface area contributed by atoms with E-state index in [2.05, 4.69) is 88.3 Å². The molecule has 2 N–H and O–H groups in total. The number of hydrogen-bond acceptors (Lipinski definition) is 3. The second-order valence-electron chi connectivity index (χ2n) is 10.3. The standard InChI is InChI=1S/C16H21FN2.C12H17N3/c1-11-8-13-12-6-4-5-7-14(12)18-15(13)9-19(11)10-16(2,3)17;1-3-6-15(2)9-10-4-5-11-8-13-14-12(11)7-10/h4-7,11,18H,8-10H2,1-3H3;4-5,7-8H,3,6,9H2,1-2H3,(H,13,14). The highest BCUT2D eigenvalue weighted by Crippen LogP contribution is 2.31. The fourth-order valence-corrected chi connectivity index (χ4v) is 4.96. The normalized spacial score (nSPS) is 16.6. The van der Waals surface area contributed by atoms with Gasteiger partial charge in [0.05, 0.1) is 11.7 Å². The van der Waals surface area contributed by atoms with Crippen LogP contribution in [-0.4, -0.2) is 56.8 Å². The summed E-state index contributed by atoms with van der Waals surface area (Å²) in [5.41, 5.74) is 5.18. The van der Waals surface area contributed by atoms with E-state index in [0.717, 1.165) is 31.6 Å². The van der Waals surface area contributed by atoms with Crippen LogP contribution in [0.4, 0.5) is 4.39 Å². The number of rotatable bonds is 6. The summed E-state index contributed by atoms with van der Waals surface area (Å²) >= 11 is 0. The van der Waals surface area contributed by atoms with Crippen molar-refractivity contribution >= 4 is 21.8 Å². The summed E-state index contributed by atoms with van der Waals surface area (Å²) in [6, 6.07) is 15.3. The first kappa shape index (κ1) is 24.4. The van der Waals surface area contributed by atoms with Gasteiger partial charge in [-0.15, -0.1) is 0 Å². The molecule has 5 nitrogen and oxygen atoms in total. The Morgan fingerprint density at radius 2 is 1.97 bits per heavy atom. The van der Waals surface area contributed by atoms with Crippen LogP contribution >= 0.6 is 0 Å². The quantitative estimate of drug-likeness (QED) is 0.365. The van der Waals surface area contributed by atoms with Crippen molar-refractivity contribution in [2.45, 2.75) is 65.3 Å². The third kappa shape index (κ3) is 5.86. The van der Waals surface area contributed by atoms with Crippen LogP contribution in [0.1, 0.15) is 50.9 Å². The molecule has 2 aromatic carbocycles. The van der Waals surface area contributed by atoms with Crippen molar-refractivity contribution in [3.05, 3.63) is 65.5 Å². The third-order valence-corrected chi connectivity index (χ3v) is 6.53. The Morgan fingerprint density at radius 1 is 1.18 bits per heavy atom. The average Bonchev–Trinajstić information content (AvgIpc) is 3.37. The molecule has 5 rings (SSSR count). The smallest absolute Gasteiger partial charge is 0.118 e. The molecule has 1 aliphatic rings. The van der Waals surface area contributed by atoms with E-state index < -0.39 is 5.67 Å². The molecule has 1 unspecified atom stereocenters. The van der Waals surface area contributed by atoms with Crippen LogP contribution in [0.2, 0.25) is 0 Å². The average molecular weight is 464 g/mol. The number of fused-ring (bicyclic) bond motifs is 4. The Labute approximate surface area is 202 Å². The highest BCUT2D eigenvalue weighted by atomic mass is 19.1. The Kier molecular flexibility index (Phi) is 7.39. The van der Waals surface area contributed by atoms with Gasteiger partial charge in [0, 0.05) is 47.7 Å². The Hall–Kier alpha value is -2.70. The topological polar surface area (TPSA) is 51.0 Å². The molecule has 0 aliphatic carbocycles. The van der Waals surface area contributed by atoms with E-state index >= 15 is 0 Å². The number of hydrogen-bond donors (Lipinski definition) is 2. The van der Waals surface area contributed by atoms with Crippen LogP contribution in [0.3, 0.4) is 0 Å². The van der Waals surface area contributed by atoms with E-state index in [1.54, 1.807) is 13.8 Å². The minimum Gasteiger partial charge on any atom is -0.357 e. The van der Waals surface area contributed by atoms with Crippen molar-refractivity contribution in [3.63, 3.8) is 0 Å². The first-order valence-electron chi connectivity index (χ1n) is 12.4. The lowest BCUT2D eigenvalue weighted by Crippen LogP contribution is -2.44. The molecule has 0 bridgehead atoms. The van der Waals surface area contributed by atoms with Gasteiger partial charge in [0.15, 0.2) is 0 Å². The molecule has 34 heavy (non-hydrogen) atoms. The van der Waals surface area contributed by atoms with Gasteiger partial charge >= 0.3 is 0 Å². The summed E-state index contributed by atoms with van der Waals surface area (Å²) in [6.45, 7) is 11.2. The summed E-state index contributed by atoms with van der Waals surface area (Å²) in [5.74, 6) is 0. The van der Waals surface area contributed by atoms with Gasteiger partial charge in [0.2, 0.25) is 0 Å². The molecular weight excluding hydrogens is 425 g/mol. The van der Waals surface area contributed by atoms with Crippen LogP contribution in [0, 0.1) is 0 Å². The third-order valence-electron chi connectivity index (χ3n) is 6.53. The first-order chi connectivity index (χ1) is 16.2. The van der Waals surface area contributed by atoms with Gasteiger partial charge in [-0.1, -0.05) is 37.3 Å². The van der Waals surface area contributed by atoms with Crippen LogP contribution in [0.25, 0.3) is 21.8 Å². The number of nitrogens with zero attached hydrogens (tertiary/aromatic N) is 3. The molecule has 0 spiro atoms. The number of alkyl halides is 1. The number of benzene rings is 2. The number of halogens is 1. The van der Waals surface area contributed by atoms with Crippen LogP contribution in [-0.2, 0) is 19.5 Å². The van der Waals surface area contributed by atoms with E-state index in [-0.39, 0.29) is 0 Å². The lowest BCUT2D eigenvalue weighted by molar-refractivity contribution is 0.0853. The zero-order valence-electron chi connectivity index (χ0n) is 21.2. The molecule has 0 saturated carbocycles. The highest BCUT2D eigenvalue weighted by molar-refractivity contribution is 5.85. The van der Waals surface area contributed by atoms with Crippen molar-refractivity contribution in [1.29, 1.82) is 0 Å². The molecule has 2 aromatic heterocycles. The monoisotopic (exact) mass is 463 g/mol. The van der Waals surface area contributed by atoms with E-state index in [9.17, 15) is 4.39 Å². The summed E-state index contributed by atoms with van der Waals surface area (Å²) in [5, 5.41) is 9.52.